The molecular weight excluding hydrogens is 256 g/mol. The molecule has 112 valence electrons. The molecule has 0 fully saturated rings. The van der Waals surface area contributed by atoms with Crippen LogP contribution in [0.1, 0.15) is 45.2 Å². The van der Waals surface area contributed by atoms with E-state index in [1.807, 2.05) is 27.7 Å². The van der Waals surface area contributed by atoms with Crippen molar-refractivity contribution in [3.63, 3.8) is 0 Å². The van der Waals surface area contributed by atoms with Crippen molar-refractivity contribution in [3.05, 3.63) is 23.3 Å². The summed E-state index contributed by atoms with van der Waals surface area (Å²) in [5.74, 6) is -0.134. The fourth-order valence-electron chi connectivity index (χ4n) is 2.78. The Kier molecular flexibility index (Phi) is 4.37. The monoisotopic (exact) mass is 280 g/mol. The summed E-state index contributed by atoms with van der Waals surface area (Å²) < 4.78 is 4.83. The number of aromatic hydroxyl groups is 2. The zero-order chi connectivity index (χ0) is 15.7. The van der Waals surface area contributed by atoms with Crippen molar-refractivity contribution in [2.24, 2.45) is 5.41 Å². The third kappa shape index (κ3) is 3.06. The Balaban J connectivity index is 3.18. The summed E-state index contributed by atoms with van der Waals surface area (Å²) in [6.07, 6.45) is 0.518. The summed E-state index contributed by atoms with van der Waals surface area (Å²) in [6, 6.07) is 3.27. The molecule has 1 aromatic rings. The van der Waals surface area contributed by atoms with Crippen LogP contribution in [-0.4, -0.2) is 23.3 Å². The molecule has 0 saturated carbocycles. The van der Waals surface area contributed by atoms with Crippen LogP contribution in [0.25, 0.3) is 0 Å². The van der Waals surface area contributed by atoms with E-state index >= 15 is 0 Å². The molecule has 2 N–H and O–H groups in total. The zero-order valence-electron chi connectivity index (χ0n) is 13.1. The first-order valence-corrected chi connectivity index (χ1v) is 6.63. The van der Waals surface area contributed by atoms with Crippen LogP contribution >= 0.6 is 0 Å². The van der Waals surface area contributed by atoms with Gasteiger partial charge in [-0.1, -0.05) is 19.9 Å². The maximum absolute atomic E-state index is 11.8. The maximum Gasteiger partial charge on any atom is 0.311 e. The number of benzene rings is 1. The van der Waals surface area contributed by atoms with E-state index in [0.717, 1.165) is 0 Å². The molecule has 0 spiro atoms. The second-order valence-corrected chi connectivity index (χ2v) is 6.54. The molecule has 0 unspecified atom stereocenters. The van der Waals surface area contributed by atoms with Crippen molar-refractivity contribution in [1.29, 1.82) is 0 Å². The van der Waals surface area contributed by atoms with Crippen molar-refractivity contribution in [3.8, 4) is 11.5 Å². The van der Waals surface area contributed by atoms with Gasteiger partial charge in [-0.3, -0.25) is 4.79 Å². The molecule has 0 amide bonds. The number of hydrogen-bond donors (Lipinski definition) is 2. The normalized spacial score (nSPS) is 12.3. The van der Waals surface area contributed by atoms with Crippen molar-refractivity contribution in [2.45, 2.75) is 46.5 Å². The highest BCUT2D eigenvalue weighted by molar-refractivity contribution is 5.76. The summed E-state index contributed by atoms with van der Waals surface area (Å²) in [5.41, 5.74) is 0.0766. The van der Waals surface area contributed by atoms with Gasteiger partial charge in [0, 0.05) is 11.1 Å². The Morgan fingerprint density at radius 3 is 2.25 bits per heavy atom. The number of esters is 1. The van der Waals surface area contributed by atoms with E-state index in [9.17, 15) is 15.0 Å². The highest BCUT2D eigenvalue weighted by atomic mass is 16.5. The van der Waals surface area contributed by atoms with E-state index in [2.05, 4.69) is 0 Å². The lowest BCUT2D eigenvalue weighted by Crippen LogP contribution is -2.33. The number of rotatable bonds is 4. The number of hydrogen-bond acceptors (Lipinski definition) is 4. The second-order valence-electron chi connectivity index (χ2n) is 6.54. The minimum Gasteiger partial charge on any atom is -0.508 e. The third-order valence-corrected chi connectivity index (χ3v) is 3.75. The van der Waals surface area contributed by atoms with E-state index in [0.29, 0.717) is 17.5 Å². The number of methoxy groups -OCH3 is 1. The average molecular weight is 280 g/mol. The first kappa shape index (κ1) is 16.3. The van der Waals surface area contributed by atoms with Crippen molar-refractivity contribution < 1.29 is 19.7 Å². The van der Waals surface area contributed by atoms with Gasteiger partial charge in [0.05, 0.1) is 12.5 Å². The van der Waals surface area contributed by atoms with Gasteiger partial charge in [0.2, 0.25) is 0 Å². The summed E-state index contributed by atoms with van der Waals surface area (Å²) in [6.45, 7) is 9.23. The molecule has 1 rings (SSSR count). The topological polar surface area (TPSA) is 66.8 Å². The fourth-order valence-corrected chi connectivity index (χ4v) is 2.78. The van der Waals surface area contributed by atoms with Crippen molar-refractivity contribution in [1.82, 2.24) is 0 Å². The molecule has 0 aliphatic carbocycles. The van der Waals surface area contributed by atoms with Crippen LogP contribution in [0.5, 0.6) is 11.5 Å². The molecule has 0 aliphatic rings. The van der Waals surface area contributed by atoms with Crippen LogP contribution in [0, 0.1) is 12.3 Å². The number of phenolic OH excluding ortho intramolecular Hbond substituents is 2. The molecule has 4 heteroatoms. The van der Waals surface area contributed by atoms with Gasteiger partial charge in [0.15, 0.2) is 0 Å². The lowest BCUT2D eigenvalue weighted by molar-refractivity contribution is -0.151. The van der Waals surface area contributed by atoms with Gasteiger partial charge in [0.1, 0.15) is 11.5 Å². The largest absolute Gasteiger partial charge is 0.508 e. The minimum absolute atomic E-state index is 0.0641. The standard InChI is InChI=1S/C16H24O4/c1-10-12(17)8-7-11(13(10)18)15(2,3)9-16(4,5)14(19)20-6/h7-8,17-18H,9H2,1-6H3. The Morgan fingerprint density at radius 1 is 1.20 bits per heavy atom. The average Bonchev–Trinajstić information content (AvgIpc) is 2.33. The highest BCUT2D eigenvalue weighted by Gasteiger charge is 2.37. The molecule has 0 saturated heterocycles. The van der Waals surface area contributed by atoms with Crippen molar-refractivity contribution in [2.75, 3.05) is 7.11 Å². The molecule has 1 aromatic carbocycles. The number of carbonyl (C=O) groups excluding carboxylic acids is 1. The van der Waals surface area contributed by atoms with Gasteiger partial charge < -0.3 is 14.9 Å². The van der Waals surface area contributed by atoms with E-state index in [1.165, 1.54) is 7.11 Å². The van der Waals surface area contributed by atoms with E-state index in [-0.39, 0.29) is 17.5 Å². The maximum atomic E-state index is 11.8. The number of ether oxygens (including phenoxy) is 1. The van der Waals surface area contributed by atoms with Gasteiger partial charge in [-0.25, -0.2) is 0 Å². The molecule has 0 aromatic heterocycles. The second kappa shape index (κ2) is 5.35. The van der Waals surface area contributed by atoms with Crippen LogP contribution < -0.4 is 0 Å². The Bertz CT molecular complexity index is 515. The lowest BCUT2D eigenvalue weighted by atomic mass is 9.71. The predicted molar refractivity (Wildman–Crippen MR) is 77.9 cm³/mol. The molecule has 0 atom stereocenters. The fraction of sp³-hybridized carbons (Fsp3) is 0.562. The molecule has 20 heavy (non-hydrogen) atoms. The van der Waals surface area contributed by atoms with Gasteiger partial charge in [-0.2, -0.15) is 0 Å². The first-order valence-electron chi connectivity index (χ1n) is 6.63. The van der Waals surface area contributed by atoms with Crippen LogP contribution in [0.4, 0.5) is 0 Å². The van der Waals surface area contributed by atoms with Crippen LogP contribution in [0.15, 0.2) is 12.1 Å². The van der Waals surface area contributed by atoms with E-state index < -0.39 is 10.8 Å². The molecule has 0 heterocycles. The third-order valence-electron chi connectivity index (χ3n) is 3.75. The van der Waals surface area contributed by atoms with Gasteiger partial charge >= 0.3 is 5.97 Å². The number of carbonyl (C=O) groups is 1. The molecular formula is C16H24O4. The molecule has 4 nitrogen and oxygen atoms in total. The quantitative estimate of drug-likeness (QED) is 0.831. The minimum atomic E-state index is -0.656. The molecule has 0 radical (unpaired) electrons. The molecule has 0 bridgehead atoms. The predicted octanol–water partition coefficient (Wildman–Crippen LogP) is 3.27. The Hall–Kier alpha value is -1.71. The van der Waals surface area contributed by atoms with Crippen LogP contribution in [-0.2, 0) is 14.9 Å². The lowest BCUT2D eigenvalue weighted by Gasteiger charge is -2.34. The summed E-state index contributed by atoms with van der Waals surface area (Å²) in [5, 5.41) is 19.8. The Labute approximate surface area is 120 Å². The van der Waals surface area contributed by atoms with Crippen molar-refractivity contribution >= 4 is 5.97 Å². The van der Waals surface area contributed by atoms with Crippen LogP contribution in [0.3, 0.4) is 0 Å². The first-order chi connectivity index (χ1) is 9.03. The summed E-state index contributed by atoms with van der Waals surface area (Å²) >= 11 is 0. The van der Waals surface area contributed by atoms with E-state index in [4.69, 9.17) is 4.74 Å². The Morgan fingerprint density at radius 2 is 1.75 bits per heavy atom. The zero-order valence-corrected chi connectivity index (χ0v) is 13.1. The highest BCUT2D eigenvalue weighted by Crippen LogP contribution is 2.43. The smallest absolute Gasteiger partial charge is 0.311 e. The van der Waals surface area contributed by atoms with Gasteiger partial charge in [0.25, 0.3) is 0 Å². The van der Waals surface area contributed by atoms with E-state index in [1.54, 1.807) is 19.1 Å². The SMILES string of the molecule is COC(=O)C(C)(C)CC(C)(C)c1ccc(O)c(C)c1O. The van der Waals surface area contributed by atoms with Gasteiger partial charge in [-0.05, 0) is 38.7 Å². The van der Waals surface area contributed by atoms with Gasteiger partial charge in [-0.15, -0.1) is 0 Å². The van der Waals surface area contributed by atoms with Crippen LogP contribution in [0.2, 0.25) is 0 Å². The number of phenols is 2. The summed E-state index contributed by atoms with van der Waals surface area (Å²) in [7, 11) is 1.37. The molecule has 0 aliphatic heterocycles. The summed E-state index contributed by atoms with van der Waals surface area (Å²) in [4.78, 5) is 11.8.